The quantitative estimate of drug-likeness (QED) is 0.611. The van der Waals surface area contributed by atoms with E-state index in [9.17, 15) is 12.8 Å². The number of pyridine rings is 1. The first-order chi connectivity index (χ1) is 14.4. The Morgan fingerprint density at radius 2 is 1.97 bits per heavy atom. The van der Waals surface area contributed by atoms with E-state index in [-0.39, 0.29) is 5.82 Å². The highest BCUT2D eigenvalue weighted by Gasteiger charge is 2.25. The van der Waals surface area contributed by atoms with E-state index < -0.39 is 10.0 Å². The number of hydrogen-bond donors (Lipinski definition) is 1. The number of aromatic nitrogens is 2. The minimum absolute atomic E-state index is 0.261. The molecule has 0 saturated carbocycles. The van der Waals surface area contributed by atoms with Crippen LogP contribution >= 0.6 is 11.3 Å². The summed E-state index contributed by atoms with van der Waals surface area (Å²) >= 11 is 1.47. The molecule has 0 aliphatic carbocycles. The van der Waals surface area contributed by atoms with Crippen molar-refractivity contribution in [2.75, 3.05) is 24.7 Å². The van der Waals surface area contributed by atoms with Gasteiger partial charge >= 0.3 is 0 Å². The molecule has 1 aromatic carbocycles. The molecule has 1 unspecified atom stereocenters. The average molecular weight is 447 g/mol. The van der Waals surface area contributed by atoms with Gasteiger partial charge in [-0.3, -0.25) is 0 Å². The number of nitrogens with zero attached hydrogens (tertiary/aromatic N) is 3. The smallest absolute Gasteiger partial charge is 0.211 e. The Morgan fingerprint density at radius 3 is 2.67 bits per heavy atom. The summed E-state index contributed by atoms with van der Waals surface area (Å²) in [5.74, 6) is 0.745. The minimum Gasteiger partial charge on any atom is -0.316 e. The van der Waals surface area contributed by atoms with E-state index in [1.54, 1.807) is 22.6 Å². The largest absolute Gasteiger partial charge is 0.316 e. The normalized spacial score (nSPS) is 17.7. The molecule has 3 heterocycles. The fourth-order valence-electron chi connectivity index (χ4n) is 3.64. The van der Waals surface area contributed by atoms with E-state index in [4.69, 9.17) is 0 Å². The van der Waals surface area contributed by atoms with E-state index in [2.05, 4.69) is 15.3 Å². The molecule has 9 heteroatoms. The summed E-state index contributed by atoms with van der Waals surface area (Å²) in [6.45, 7) is 1.19. The van der Waals surface area contributed by atoms with Crippen molar-refractivity contribution in [3.8, 4) is 10.4 Å². The van der Waals surface area contributed by atoms with E-state index in [1.165, 1.54) is 29.7 Å². The molecule has 1 aliphatic rings. The van der Waals surface area contributed by atoms with Crippen LogP contribution in [0.2, 0.25) is 0 Å². The van der Waals surface area contributed by atoms with Crippen LogP contribution in [0.5, 0.6) is 0 Å². The molecule has 0 bridgehead atoms. The second-order valence-electron chi connectivity index (χ2n) is 7.55. The highest BCUT2D eigenvalue weighted by atomic mass is 32.2. The monoisotopic (exact) mass is 446 g/mol. The van der Waals surface area contributed by atoms with Crippen molar-refractivity contribution < 1.29 is 12.8 Å². The second-order valence-corrected chi connectivity index (χ2v) is 10.6. The molecule has 1 fully saturated rings. The first-order valence-electron chi connectivity index (χ1n) is 9.76. The van der Waals surface area contributed by atoms with Crippen LogP contribution in [0.15, 0.2) is 48.8 Å². The molecule has 158 valence electrons. The summed E-state index contributed by atoms with van der Waals surface area (Å²) in [6.07, 6.45) is 7.59. The summed E-state index contributed by atoms with van der Waals surface area (Å²) in [5.41, 5.74) is 2.01. The number of nitrogens with one attached hydrogen (secondary N) is 1. The van der Waals surface area contributed by atoms with Crippen molar-refractivity contribution in [1.82, 2.24) is 14.3 Å². The van der Waals surface area contributed by atoms with Crippen LogP contribution in [0.25, 0.3) is 10.4 Å². The molecule has 1 N–H and O–H groups in total. The third-order valence-electron chi connectivity index (χ3n) is 5.17. The Hall–Kier alpha value is -2.36. The topological polar surface area (TPSA) is 75.2 Å². The zero-order valence-corrected chi connectivity index (χ0v) is 18.2. The maximum absolute atomic E-state index is 13.1. The number of hydrogen-bond acceptors (Lipinski definition) is 6. The van der Waals surface area contributed by atoms with Gasteiger partial charge in [0, 0.05) is 25.5 Å². The standard InChI is InChI=1S/C21H23FN4O2S2/c1-30(27,28)26-10-2-3-16(14-26)11-15-4-9-20(23-12-15)25-21-24-13-19(29-21)17-5-7-18(22)8-6-17/h4-9,12-13,16H,2-3,10-11,14H2,1H3,(H,23,24,25). The Kier molecular flexibility index (Phi) is 6.12. The van der Waals surface area contributed by atoms with Crippen LogP contribution in [0.1, 0.15) is 18.4 Å². The van der Waals surface area contributed by atoms with Crippen LogP contribution in [-0.2, 0) is 16.4 Å². The van der Waals surface area contributed by atoms with Crippen molar-refractivity contribution in [3.05, 3.63) is 60.2 Å². The van der Waals surface area contributed by atoms with Crippen LogP contribution in [0.4, 0.5) is 15.3 Å². The van der Waals surface area contributed by atoms with Crippen molar-refractivity contribution in [2.45, 2.75) is 19.3 Å². The second kappa shape index (κ2) is 8.79. The number of halogens is 1. The zero-order valence-electron chi connectivity index (χ0n) is 16.6. The van der Waals surface area contributed by atoms with Crippen molar-refractivity contribution in [1.29, 1.82) is 0 Å². The Bertz CT molecular complexity index is 1100. The third-order valence-corrected chi connectivity index (χ3v) is 7.40. The lowest BCUT2D eigenvalue weighted by atomic mass is 9.93. The molecular weight excluding hydrogens is 423 g/mol. The Morgan fingerprint density at radius 1 is 1.17 bits per heavy atom. The summed E-state index contributed by atoms with van der Waals surface area (Å²) < 4.78 is 38.2. The number of benzene rings is 1. The lowest BCUT2D eigenvalue weighted by molar-refractivity contribution is 0.266. The highest BCUT2D eigenvalue weighted by Crippen LogP contribution is 2.30. The lowest BCUT2D eigenvalue weighted by Crippen LogP contribution is -2.39. The molecule has 0 spiro atoms. The molecule has 6 nitrogen and oxygen atoms in total. The van der Waals surface area contributed by atoms with Gasteiger partial charge in [-0.25, -0.2) is 27.1 Å². The SMILES string of the molecule is CS(=O)(=O)N1CCCC(Cc2ccc(Nc3ncc(-c4ccc(F)cc4)s3)nc2)C1. The molecule has 4 rings (SSSR count). The predicted octanol–water partition coefficient (Wildman–Crippen LogP) is 4.30. The summed E-state index contributed by atoms with van der Waals surface area (Å²) in [5, 5.41) is 3.91. The van der Waals surface area contributed by atoms with Gasteiger partial charge in [-0.05, 0) is 54.5 Å². The van der Waals surface area contributed by atoms with Gasteiger partial charge in [-0.15, -0.1) is 0 Å². The van der Waals surface area contributed by atoms with Gasteiger partial charge < -0.3 is 5.32 Å². The molecule has 0 amide bonds. The maximum atomic E-state index is 13.1. The molecule has 0 radical (unpaired) electrons. The number of rotatable bonds is 6. The fraction of sp³-hybridized carbons (Fsp3) is 0.333. The van der Waals surface area contributed by atoms with Crippen molar-refractivity contribution >= 4 is 32.3 Å². The number of anilines is 2. The first kappa shape index (κ1) is 20.9. The average Bonchev–Trinajstić information content (AvgIpc) is 3.18. The molecule has 1 atom stereocenters. The van der Waals surface area contributed by atoms with Gasteiger partial charge in [0.05, 0.1) is 11.1 Å². The predicted molar refractivity (Wildman–Crippen MR) is 118 cm³/mol. The summed E-state index contributed by atoms with van der Waals surface area (Å²) in [6, 6.07) is 10.3. The van der Waals surface area contributed by atoms with Gasteiger partial charge in [0.2, 0.25) is 10.0 Å². The van der Waals surface area contributed by atoms with Crippen LogP contribution in [-0.4, -0.2) is 42.0 Å². The molecule has 3 aromatic rings. The lowest BCUT2D eigenvalue weighted by Gasteiger charge is -2.30. The zero-order chi connectivity index (χ0) is 21.1. The van der Waals surface area contributed by atoms with Gasteiger partial charge in [-0.2, -0.15) is 0 Å². The van der Waals surface area contributed by atoms with E-state index >= 15 is 0 Å². The Balaban J connectivity index is 1.37. The molecule has 1 aliphatic heterocycles. The van der Waals surface area contributed by atoms with Gasteiger partial charge in [0.25, 0.3) is 0 Å². The number of piperidine rings is 1. The summed E-state index contributed by atoms with van der Waals surface area (Å²) in [4.78, 5) is 9.79. The number of sulfonamides is 1. The van der Waals surface area contributed by atoms with Crippen molar-refractivity contribution in [2.24, 2.45) is 5.92 Å². The Labute approximate surface area is 179 Å². The van der Waals surface area contributed by atoms with Gasteiger partial charge in [-0.1, -0.05) is 29.5 Å². The third kappa shape index (κ3) is 5.21. The first-order valence-corrected chi connectivity index (χ1v) is 12.4. The van der Waals surface area contributed by atoms with Crippen LogP contribution < -0.4 is 5.32 Å². The van der Waals surface area contributed by atoms with E-state index in [1.807, 2.05) is 18.3 Å². The minimum atomic E-state index is -3.13. The maximum Gasteiger partial charge on any atom is 0.211 e. The van der Waals surface area contributed by atoms with Gasteiger partial charge in [0.15, 0.2) is 5.13 Å². The van der Waals surface area contributed by atoms with E-state index in [0.29, 0.717) is 30.0 Å². The van der Waals surface area contributed by atoms with E-state index in [0.717, 1.165) is 35.3 Å². The molecule has 1 saturated heterocycles. The van der Waals surface area contributed by atoms with Crippen LogP contribution in [0, 0.1) is 11.7 Å². The van der Waals surface area contributed by atoms with Crippen LogP contribution in [0.3, 0.4) is 0 Å². The van der Waals surface area contributed by atoms with Crippen molar-refractivity contribution in [3.63, 3.8) is 0 Å². The molecule has 2 aromatic heterocycles. The molecular formula is C21H23FN4O2S2. The molecule has 30 heavy (non-hydrogen) atoms. The van der Waals surface area contributed by atoms with Gasteiger partial charge in [0.1, 0.15) is 11.6 Å². The number of thiazole rings is 1. The summed E-state index contributed by atoms with van der Waals surface area (Å²) in [7, 11) is -3.13. The highest BCUT2D eigenvalue weighted by molar-refractivity contribution is 7.88. The fourth-order valence-corrected chi connectivity index (χ4v) is 5.41.